The van der Waals surface area contributed by atoms with E-state index in [-0.39, 0.29) is 47.6 Å². The summed E-state index contributed by atoms with van der Waals surface area (Å²) in [6.07, 6.45) is 12.5. The van der Waals surface area contributed by atoms with E-state index in [1.807, 2.05) is 0 Å². The second kappa shape index (κ2) is 17.9. The number of aliphatic carboxylic acids is 1. The summed E-state index contributed by atoms with van der Waals surface area (Å²) in [6, 6.07) is -1.04. The molecule has 0 bridgehead atoms. The van der Waals surface area contributed by atoms with Crippen LogP contribution in [0.25, 0.3) is 0 Å². The van der Waals surface area contributed by atoms with Crippen LogP contribution < -0.4 is 40.0 Å². The minimum absolute atomic E-state index is 0. The molecule has 0 fully saturated rings. The molecule has 0 aromatic heterocycles. The van der Waals surface area contributed by atoms with Crippen molar-refractivity contribution < 1.29 is 48.5 Å². The molecule has 1 unspecified atom stereocenters. The van der Waals surface area contributed by atoms with E-state index in [9.17, 15) is 18.9 Å². The number of carbonyl (C=O) groups is 2. The van der Waals surface area contributed by atoms with Crippen molar-refractivity contribution in [3.8, 4) is 0 Å². The van der Waals surface area contributed by atoms with Crippen LogP contribution in [0.2, 0.25) is 0 Å². The Labute approximate surface area is 171 Å². The number of carbonyl (C=O) groups excluding carboxylic acids is 2. The van der Waals surface area contributed by atoms with Crippen LogP contribution in [0.5, 0.6) is 0 Å². The van der Waals surface area contributed by atoms with Gasteiger partial charge in [-0.05, 0) is 12.8 Å². The number of carboxylic acid groups (broad SMARTS) is 1. The smallest absolute Gasteiger partial charge is 0.548 e. The Kier molecular flexibility index (Phi) is 19.6. The van der Waals surface area contributed by atoms with Gasteiger partial charge in [0, 0.05) is 29.2 Å². The van der Waals surface area contributed by atoms with Crippen LogP contribution in [0.4, 0.5) is 0 Å². The predicted octanol–water partition coefficient (Wildman–Crippen LogP) is -1.09. The van der Waals surface area contributed by atoms with Gasteiger partial charge in [0.15, 0.2) is 0 Å². The van der Waals surface area contributed by atoms with Gasteiger partial charge >= 0.3 is 29.6 Å². The first-order valence-electron chi connectivity index (χ1n) is 8.77. The zero-order valence-electron chi connectivity index (χ0n) is 15.6. The topological polar surface area (TPSA) is 86.3 Å². The Balaban J connectivity index is 0. The maximum absolute atomic E-state index is 11.7. The van der Waals surface area contributed by atoms with Gasteiger partial charge in [0.05, 0.1) is 12.0 Å². The third kappa shape index (κ3) is 16.9. The summed E-state index contributed by atoms with van der Waals surface area (Å²) >= 11 is 0. The number of hydrogen-bond acceptors (Lipinski definition) is 4. The van der Waals surface area contributed by atoms with Crippen molar-refractivity contribution in [1.82, 2.24) is 5.32 Å². The van der Waals surface area contributed by atoms with Crippen molar-refractivity contribution in [2.75, 3.05) is 12.0 Å². The van der Waals surface area contributed by atoms with E-state index in [1.54, 1.807) is 0 Å². The van der Waals surface area contributed by atoms with E-state index in [4.69, 9.17) is 0 Å². The molecule has 0 aromatic rings. The molecule has 136 valence electrons. The zero-order chi connectivity index (χ0) is 17.5. The van der Waals surface area contributed by atoms with Crippen LogP contribution in [-0.2, 0) is 20.4 Å². The van der Waals surface area contributed by atoms with Gasteiger partial charge in [0.1, 0.15) is 0 Å². The first-order valence-corrected chi connectivity index (χ1v) is 10.5. The second-order valence-corrected chi connectivity index (χ2v) is 7.64. The van der Waals surface area contributed by atoms with E-state index in [0.29, 0.717) is 6.42 Å². The molecule has 7 heteroatoms. The van der Waals surface area contributed by atoms with Crippen LogP contribution in [-0.4, -0.2) is 34.1 Å². The SMILES string of the molecule is CCCCCCCCCCCC(=O)N[C@@H](CCS(C)=O)C(=O)[O-].[Na+]. The van der Waals surface area contributed by atoms with Gasteiger partial charge in [-0.3, -0.25) is 9.00 Å². The number of rotatable bonds is 15. The average Bonchev–Trinajstić information content (AvgIpc) is 2.49. The largest absolute Gasteiger partial charge is 1.00 e. The molecule has 1 N–H and O–H groups in total. The van der Waals surface area contributed by atoms with Gasteiger partial charge < -0.3 is 15.2 Å². The summed E-state index contributed by atoms with van der Waals surface area (Å²) in [5, 5.41) is 13.4. The molecule has 5 nitrogen and oxygen atoms in total. The van der Waals surface area contributed by atoms with Gasteiger partial charge in [0.25, 0.3) is 0 Å². The number of carboxylic acids is 1. The van der Waals surface area contributed by atoms with Crippen LogP contribution in [0.1, 0.15) is 77.6 Å². The summed E-state index contributed by atoms with van der Waals surface area (Å²) in [5.74, 6) is -1.32. The van der Waals surface area contributed by atoms with Crippen LogP contribution in [0.3, 0.4) is 0 Å². The molecule has 0 heterocycles. The Morgan fingerprint density at radius 1 is 1.00 bits per heavy atom. The number of nitrogens with one attached hydrogen (secondary N) is 1. The molecule has 0 saturated carbocycles. The normalized spacial score (nSPS) is 12.9. The van der Waals surface area contributed by atoms with Gasteiger partial charge in [-0.2, -0.15) is 0 Å². The standard InChI is InChI=1S/C17H33NO4S.Na/c1-3-4-5-6-7-8-9-10-11-12-16(19)18-15(17(20)21)13-14-23(2)22;/h15H,3-14H2,1-2H3,(H,18,19)(H,20,21);/q;+1/p-1/t15-,23?;/m0./s1. The second-order valence-electron chi connectivity index (χ2n) is 6.08. The summed E-state index contributed by atoms with van der Waals surface area (Å²) in [5.41, 5.74) is 0. The summed E-state index contributed by atoms with van der Waals surface area (Å²) in [4.78, 5) is 22.7. The molecule has 0 saturated heterocycles. The summed E-state index contributed by atoms with van der Waals surface area (Å²) in [7, 11) is -1.07. The Bertz CT molecular complexity index is 366. The molecule has 0 aliphatic rings. The first-order chi connectivity index (χ1) is 11.0. The van der Waals surface area contributed by atoms with Gasteiger partial charge in [-0.15, -0.1) is 0 Å². The minimum atomic E-state index is -1.31. The third-order valence-electron chi connectivity index (χ3n) is 3.82. The first kappa shape index (κ1) is 26.3. The minimum Gasteiger partial charge on any atom is -0.548 e. The number of amides is 1. The Morgan fingerprint density at radius 2 is 1.50 bits per heavy atom. The molecule has 0 aromatic carbocycles. The number of hydrogen-bond donors (Lipinski definition) is 1. The quantitative estimate of drug-likeness (QED) is 0.294. The molecule has 2 atom stereocenters. The Morgan fingerprint density at radius 3 is 1.96 bits per heavy atom. The molecular formula is C17H32NNaO4S. The van der Waals surface area contributed by atoms with Crippen molar-refractivity contribution in [3.05, 3.63) is 0 Å². The van der Waals surface area contributed by atoms with E-state index in [1.165, 1.54) is 44.8 Å². The van der Waals surface area contributed by atoms with E-state index in [0.717, 1.165) is 19.3 Å². The van der Waals surface area contributed by atoms with Crippen LogP contribution >= 0.6 is 0 Å². The maximum atomic E-state index is 11.7. The summed E-state index contributed by atoms with van der Waals surface area (Å²) < 4.78 is 11.0. The average molecular weight is 370 g/mol. The predicted molar refractivity (Wildman–Crippen MR) is 92.3 cm³/mol. The molecule has 0 aliphatic heterocycles. The third-order valence-corrected chi connectivity index (χ3v) is 4.63. The molecular weight excluding hydrogens is 337 g/mol. The van der Waals surface area contributed by atoms with Crippen molar-refractivity contribution in [3.63, 3.8) is 0 Å². The number of unbranched alkanes of at least 4 members (excludes halogenated alkanes) is 8. The van der Waals surface area contributed by atoms with Gasteiger partial charge in [0.2, 0.25) is 5.91 Å². The molecule has 0 spiro atoms. The fourth-order valence-electron chi connectivity index (χ4n) is 2.40. The molecule has 0 aliphatic carbocycles. The zero-order valence-corrected chi connectivity index (χ0v) is 18.4. The van der Waals surface area contributed by atoms with E-state index in [2.05, 4.69) is 12.2 Å². The molecule has 24 heavy (non-hydrogen) atoms. The fourth-order valence-corrected chi connectivity index (χ4v) is 2.96. The molecule has 0 rings (SSSR count). The Hall–Kier alpha value is 0.0900. The monoisotopic (exact) mass is 369 g/mol. The van der Waals surface area contributed by atoms with Crippen molar-refractivity contribution >= 4 is 22.7 Å². The molecule has 0 radical (unpaired) electrons. The van der Waals surface area contributed by atoms with Crippen LogP contribution in [0, 0.1) is 0 Å². The van der Waals surface area contributed by atoms with E-state index < -0.39 is 22.8 Å². The van der Waals surface area contributed by atoms with Crippen molar-refractivity contribution in [1.29, 1.82) is 0 Å². The van der Waals surface area contributed by atoms with Crippen molar-refractivity contribution in [2.45, 2.75) is 83.6 Å². The van der Waals surface area contributed by atoms with Crippen LogP contribution in [0.15, 0.2) is 0 Å². The van der Waals surface area contributed by atoms with Gasteiger partial charge in [-0.1, -0.05) is 58.3 Å². The maximum Gasteiger partial charge on any atom is 1.00 e. The van der Waals surface area contributed by atoms with E-state index >= 15 is 0 Å². The molecule has 1 amide bonds. The summed E-state index contributed by atoms with van der Waals surface area (Å²) in [6.45, 7) is 2.21. The fraction of sp³-hybridized carbons (Fsp3) is 0.882. The van der Waals surface area contributed by atoms with Crippen molar-refractivity contribution in [2.24, 2.45) is 0 Å². The van der Waals surface area contributed by atoms with Gasteiger partial charge in [-0.25, -0.2) is 0 Å².